The van der Waals surface area contributed by atoms with E-state index in [0.29, 0.717) is 10.9 Å². The van der Waals surface area contributed by atoms with Crippen LogP contribution >= 0.6 is 0 Å². The lowest BCUT2D eigenvalue weighted by atomic mass is 10.2. The first-order chi connectivity index (χ1) is 7.24. The normalized spacial score (nSPS) is 10.7. The van der Waals surface area contributed by atoms with Crippen LogP contribution in [0.15, 0.2) is 33.9 Å². The van der Waals surface area contributed by atoms with E-state index in [0.717, 1.165) is 0 Å². The van der Waals surface area contributed by atoms with Gasteiger partial charge in [0.15, 0.2) is 0 Å². The summed E-state index contributed by atoms with van der Waals surface area (Å²) in [5.74, 6) is 0. The minimum Gasteiger partial charge on any atom is -0.364 e. The number of methoxy groups -OCH3 is 1. The molecule has 2 aromatic rings. The van der Waals surface area contributed by atoms with E-state index in [1.165, 1.54) is 11.7 Å². The maximum atomic E-state index is 11.5. The van der Waals surface area contributed by atoms with Crippen LogP contribution in [-0.2, 0) is 11.5 Å². The van der Waals surface area contributed by atoms with E-state index in [9.17, 15) is 9.59 Å². The number of para-hydroxylation sites is 1. The molecule has 0 unspecified atom stereocenters. The predicted molar refractivity (Wildman–Crippen MR) is 55.8 cm³/mol. The number of ether oxygens (including phenoxy) is 1. The SMILES string of the molecule is COCn1c(=O)[nH]c(=O)c2ccccc21. The van der Waals surface area contributed by atoms with E-state index in [2.05, 4.69) is 4.98 Å². The molecule has 1 heterocycles. The standard InChI is InChI=1S/C10H10N2O3/c1-15-6-12-8-5-3-2-4-7(8)9(13)11-10(12)14/h2-5H,6H2,1H3,(H,11,13,14). The molecule has 78 valence electrons. The van der Waals surface area contributed by atoms with Crippen molar-refractivity contribution >= 4 is 10.9 Å². The van der Waals surface area contributed by atoms with Crippen molar-refractivity contribution in [3.8, 4) is 0 Å². The number of benzene rings is 1. The van der Waals surface area contributed by atoms with Gasteiger partial charge in [-0.1, -0.05) is 12.1 Å². The van der Waals surface area contributed by atoms with Crippen molar-refractivity contribution in [2.75, 3.05) is 7.11 Å². The molecule has 1 aromatic heterocycles. The van der Waals surface area contributed by atoms with Gasteiger partial charge in [-0.25, -0.2) is 4.79 Å². The lowest BCUT2D eigenvalue weighted by molar-refractivity contribution is 0.130. The van der Waals surface area contributed by atoms with Crippen LogP contribution in [0.3, 0.4) is 0 Å². The third-order valence-electron chi connectivity index (χ3n) is 2.16. The van der Waals surface area contributed by atoms with Gasteiger partial charge in [0, 0.05) is 7.11 Å². The summed E-state index contributed by atoms with van der Waals surface area (Å²) in [6.45, 7) is 0.121. The third-order valence-corrected chi connectivity index (χ3v) is 2.16. The van der Waals surface area contributed by atoms with E-state index in [-0.39, 0.29) is 12.3 Å². The van der Waals surface area contributed by atoms with Gasteiger partial charge < -0.3 is 4.74 Å². The van der Waals surface area contributed by atoms with Crippen molar-refractivity contribution in [3.63, 3.8) is 0 Å². The largest absolute Gasteiger partial charge is 0.364 e. The Hall–Kier alpha value is -1.88. The van der Waals surface area contributed by atoms with Crippen molar-refractivity contribution in [1.82, 2.24) is 9.55 Å². The Bertz CT molecular complexity index is 597. The van der Waals surface area contributed by atoms with E-state index in [4.69, 9.17) is 4.74 Å². The number of H-pyrrole nitrogens is 1. The monoisotopic (exact) mass is 206 g/mol. The van der Waals surface area contributed by atoms with Gasteiger partial charge in [-0.3, -0.25) is 14.3 Å². The van der Waals surface area contributed by atoms with Crippen molar-refractivity contribution < 1.29 is 4.74 Å². The Kier molecular flexibility index (Phi) is 2.39. The number of nitrogens with one attached hydrogen (secondary N) is 1. The van der Waals surface area contributed by atoms with Crippen molar-refractivity contribution in [1.29, 1.82) is 0 Å². The van der Waals surface area contributed by atoms with Gasteiger partial charge in [-0.2, -0.15) is 0 Å². The van der Waals surface area contributed by atoms with Crippen molar-refractivity contribution in [2.45, 2.75) is 6.73 Å². The van der Waals surface area contributed by atoms with Crippen LogP contribution in [0.1, 0.15) is 0 Å². The zero-order chi connectivity index (χ0) is 10.8. The fourth-order valence-electron chi connectivity index (χ4n) is 1.50. The zero-order valence-corrected chi connectivity index (χ0v) is 8.19. The van der Waals surface area contributed by atoms with E-state index >= 15 is 0 Å². The summed E-state index contributed by atoms with van der Waals surface area (Å²) in [6, 6.07) is 6.90. The lowest BCUT2D eigenvalue weighted by Gasteiger charge is -2.07. The summed E-state index contributed by atoms with van der Waals surface area (Å²) in [5, 5.41) is 0.481. The van der Waals surface area contributed by atoms with E-state index in [1.807, 2.05) is 0 Å². The molecule has 5 heteroatoms. The van der Waals surface area contributed by atoms with Gasteiger partial charge in [-0.05, 0) is 12.1 Å². The molecule has 0 aliphatic heterocycles. The molecule has 0 aliphatic rings. The molecule has 1 N–H and O–H groups in total. The molecule has 0 fully saturated rings. The summed E-state index contributed by atoms with van der Waals surface area (Å²) in [7, 11) is 1.49. The Balaban J connectivity index is 2.90. The van der Waals surface area contributed by atoms with Gasteiger partial charge >= 0.3 is 5.69 Å². The predicted octanol–water partition coefficient (Wildman–Crippen LogP) is 0.294. The smallest absolute Gasteiger partial charge is 0.330 e. The molecule has 0 saturated carbocycles. The number of rotatable bonds is 2. The topological polar surface area (TPSA) is 64.1 Å². The van der Waals surface area contributed by atoms with Crippen LogP contribution in [0.5, 0.6) is 0 Å². The first-order valence-electron chi connectivity index (χ1n) is 4.45. The molecule has 5 nitrogen and oxygen atoms in total. The highest BCUT2D eigenvalue weighted by molar-refractivity contribution is 5.77. The molecule has 0 atom stereocenters. The zero-order valence-electron chi connectivity index (χ0n) is 8.19. The summed E-state index contributed by atoms with van der Waals surface area (Å²) in [4.78, 5) is 25.2. The van der Waals surface area contributed by atoms with Gasteiger partial charge in [0.05, 0.1) is 10.9 Å². The van der Waals surface area contributed by atoms with Crippen LogP contribution in [0, 0.1) is 0 Å². The molecule has 0 bridgehead atoms. The fraction of sp³-hybridized carbons (Fsp3) is 0.200. The van der Waals surface area contributed by atoms with Crippen LogP contribution < -0.4 is 11.2 Å². The average Bonchev–Trinajstić information content (AvgIpc) is 2.24. The Morgan fingerprint density at radius 2 is 2.07 bits per heavy atom. The second-order valence-electron chi connectivity index (χ2n) is 3.12. The van der Waals surface area contributed by atoms with Crippen molar-refractivity contribution in [2.24, 2.45) is 0 Å². The molecular weight excluding hydrogens is 196 g/mol. The van der Waals surface area contributed by atoms with Crippen LogP contribution in [-0.4, -0.2) is 16.7 Å². The quantitative estimate of drug-likeness (QED) is 0.768. The number of aromatic amines is 1. The fourth-order valence-corrected chi connectivity index (χ4v) is 1.50. The second-order valence-corrected chi connectivity index (χ2v) is 3.12. The number of fused-ring (bicyclic) bond motifs is 1. The molecule has 0 amide bonds. The van der Waals surface area contributed by atoms with Crippen molar-refractivity contribution in [3.05, 3.63) is 45.1 Å². The maximum Gasteiger partial charge on any atom is 0.330 e. The first kappa shape index (κ1) is 9.67. The van der Waals surface area contributed by atoms with Gasteiger partial charge in [0.25, 0.3) is 5.56 Å². The number of nitrogens with zero attached hydrogens (tertiary/aromatic N) is 1. The lowest BCUT2D eigenvalue weighted by Crippen LogP contribution is -2.30. The average molecular weight is 206 g/mol. The number of hydrogen-bond acceptors (Lipinski definition) is 3. The third kappa shape index (κ3) is 1.57. The molecule has 15 heavy (non-hydrogen) atoms. The molecule has 0 saturated heterocycles. The van der Waals surface area contributed by atoms with E-state index in [1.54, 1.807) is 24.3 Å². The molecule has 1 aromatic carbocycles. The minimum absolute atomic E-state index is 0.121. The van der Waals surface area contributed by atoms with Gasteiger partial charge in [0.2, 0.25) is 0 Å². The minimum atomic E-state index is -0.458. The molecule has 0 spiro atoms. The summed E-state index contributed by atoms with van der Waals surface area (Å²) < 4.78 is 6.27. The maximum absolute atomic E-state index is 11.5. The highest BCUT2D eigenvalue weighted by Gasteiger charge is 2.05. The van der Waals surface area contributed by atoms with Crippen LogP contribution in [0.4, 0.5) is 0 Å². The number of hydrogen-bond donors (Lipinski definition) is 1. The molecule has 0 radical (unpaired) electrons. The molecular formula is C10H10N2O3. The molecule has 0 aliphatic carbocycles. The second kappa shape index (κ2) is 3.70. The van der Waals surface area contributed by atoms with E-state index < -0.39 is 5.69 Å². The summed E-state index contributed by atoms with van der Waals surface area (Å²) in [6.07, 6.45) is 0. The highest BCUT2D eigenvalue weighted by Crippen LogP contribution is 2.05. The summed E-state index contributed by atoms with van der Waals surface area (Å²) in [5.41, 5.74) is -0.253. The van der Waals surface area contributed by atoms with Gasteiger partial charge in [0.1, 0.15) is 6.73 Å². The Labute approximate surface area is 84.9 Å². The number of aromatic nitrogens is 2. The van der Waals surface area contributed by atoms with Gasteiger partial charge in [-0.15, -0.1) is 0 Å². The van der Waals surface area contributed by atoms with Crippen LogP contribution in [0.25, 0.3) is 10.9 Å². The van der Waals surface area contributed by atoms with Crippen LogP contribution in [0.2, 0.25) is 0 Å². The Morgan fingerprint density at radius 1 is 1.33 bits per heavy atom. The highest BCUT2D eigenvalue weighted by atomic mass is 16.5. The molecule has 2 rings (SSSR count). The summed E-state index contributed by atoms with van der Waals surface area (Å²) >= 11 is 0. The first-order valence-corrected chi connectivity index (χ1v) is 4.45. The Morgan fingerprint density at radius 3 is 2.80 bits per heavy atom.